The maximum atomic E-state index is 12.2. The third-order valence-corrected chi connectivity index (χ3v) is 4.03. The molecule has 16 heavy (non-hydrogen) atoms. The molecule has 0 aromatic rings. The molecule has 0 spiro atoms. The van der Waals surface area contributed by atoms with Gasteiger partial charge < -0.3 is 10.2 Å². The number of likely N-dealkylation sites (N-methyl/N-ethyl adjacent to an activating group) is 1. The molecule has 0 aromatic heterocycles. The van der Waals surface area contributed by atoms with E-state index in [2.05, 4.69) is 31.1 Å². The smallest absolute Gasteiger partial charge is 0.239 e. The zero-order valence-electron chi connectivity index (χ0n) is 10.6. The monoisotopic (exact) mass is 225 g/mol. The Hall–Kier alpha value is -0.610. The molecule has 0 bridgehead atoms. The van der Waals surface area contributed by atoms with Crippen molar-refractivity contribution in [2.75, 3.05) is 26.7 Å². The summed E-state index contributed by atoms with van der Waals surface area (Å²) in [6.45, 7) is 7.13. The summed E-state index contributed by atoms with van der Waals surface area (Å²) in [6.07, 6.45) is 2.14. The van der Waals surface area contributed by atoms with Crippen molar-refractivity contribution in [3.05, 3.63) is 0 Å². The lowest BCUT2D eigenvalue weighted by Crippen LogP contribution is -2.58. The molecule has 92 valence electrons. The highest BCUT2D eigenvalue weighted by Crippen LogP contribution is 2.16. The van der Waals surface area contributed by atoms with Gasteiger partial charge in [-0.1, -0.05) is 0 Å². The lowest BCUT2D eigenvalue weighted by Gasteiger charge is -2.43. The minimum atomic E-state index is 0.0859. The Morgan fingerprint density at radius 1 is 1.25 bits per heavy atom. The second-order valence-corrected chi connectivity index (χ2v) is 5.26. The first-order chi connectivity index (χ1) is 7.59. The average Bonchev–Trinajstić information content (AvgIpc) is 2.77. The Balaban J connectivity index is 1.96. The van der Waals surface area contributed by atoms with E-state index in [1.165, 1.54) is 0 Å². The molecule has 2 saturated heterocycles. The van der Waals surface area contributed by atoms with E-state index in [0.717, 1.165) is 32.5 Å². The van der Waals surface area contributed by atoms with Crippen LogP contribution in [0.2, 0.25) is 0 Å². The standard InChI is InChI=1S/C12H23N3O/c1-9-7-15(8-10(2)14(9)3)12(16)11-5-4-6-13-11/h9-11,13H,4-8H2,1-3H3. The van der Waals surface area contributed by atoms with Gasteiger partial charge in [0.1, 0.15) is 0 Å². The normalized spacial score (nSPS) is 36.7. The van der Waals surface area contributed by atoms with Crippen molar-refractivity contribution in [3.63, 3.8) is 0 Å². The summed E-state index contributed by atoms with van der Waals surface area (Å²) in [4.78, 5) is 16.6. The minimum Gasteiger partial charge on any atom is -0.338 e. The number of piperazine rings is 1. The van der Waals surface area contributed by atoms with Crippen molar-refractivity contribution in [1.29, 1.82) is 0 Å². The van der Waals surface area contributed by atoms with Gasteiger partial charge in [-0.05, 0) is 40.3 Å². The van der Waals surface area contributed by atoms with Gasteiger partial charge >= 0.3 is 0 Å². The van der Waals surface area contributed by atoms with Crippen LogP contribution in [0, 0.1) is 0 Å². The number of hydrogen-bond acceptors (Lipinski definition) is 3. The quantitative estimate of drug-likeness (QED) is 0.697. The van der Waals surface area contributed by atoms with Crippen LogP contribution in [0.25, 0.3) is 0 Å². The lowest BCUT2D eigenvalue weighted by molar-refractivity contribution is -0.137. The molecule has 4 heteroatoms. The highest BCUT2D eigenvalue weighted by molar-refractivity contribution is 5.82. The number of carbonyl (C=O) groups excluding carboxylic acids is 1. The summed E-state index contributed by atoms with van der Waals surface area (Å²) >= 11 is 0. The van der Waals surface area contributed by atoms with Crippen molar-refractivity contribution in [1.82, 2.24) is 15.1 Å². The van der Waals surface area contributed by atoms with Gasteiger partial charge in [0, 0.05) is 25.2 Å². The Morgan fingerprint density at radius 2 is 1.88 bits per heavy atom. The average molecular weight is 225 g/mol. The van der Waals surface area contributed by atoms with Crippen LogP contribution in [-0.2, 0) is 4.79 Å². The van der Waals surface area contributed by atoms with Gasteiger partial charge in [-0.2, -0.15) is 0 Å². The van der Waals surface area contributed by atoms with Gasteiger partial charge in [-0.3, -0.25) is 9.69 Å². The predicted molar refractivity (Wildman–Crippen MR) is 64.3 cm³/mol. The van der Waals surface area contributed by atoms with Gasteiger partial charge in [0.2, 0.25) is 5.91 Å². The summed E-state index contributed by atoms with van der Waals surface area (Å²) in [5.41, 5.74) is 0. The van der Waals surface area contributed by atoms with Crippen LogP contribution >= 0.6 is 0 Å². The number of hydrogen-bond donors (Lipinski definition) is 1. The first kappa shape index (κ1) is 11.9. The van der Waals surface area contributed by atoms with Crippen LogP contribution in [-0.4, -0.2) is 60.5 Å². The number of nitrogens with zero attached hydrogens (tertiary/aromatic N) is 2. The fourth-order valence-corrected chi connectivity index (χ4v) is 2.70. The summed E-state index contributed by atoms with van der Waals surface area (Å²) in [7, 11) is 2.14. The van der Waals surface area contributed by atoms with Crippen LogP contribution in [0.3, 0.4) is 0 Å². The molecule has 3 unspecified atom stereocenters. The van der Waals surface area contributed by atoms with Crippen molar-refractivity contribution < 1.29 is 4.79 Å². The summed E-state index contributed by atoms with van der Waals surface area (Å²) in [5.74, 6) is 0.310. The van der Waals surface area contributed by atoms with Crippen molar-refractivity contribution in [2.24, 2.45) is 0 Å². The SMILES string of the molecule is CC1CN(C(=O)C2CCCN2)CC(C)N1C. The molecular formula is C12H23N3O. The van der Waals surface area contributed by atoms with Crippen LogP contribution in [0.15, 0.2) is 0 Å². The number of carbonyl (C=O) groups is 1. The van der Waals surface area contributed by atoms with Crippen LogP contribution in [0.4, 0.5) is 0 Å². The maximum Gasteiger partial charge on any atom is 0.239 e. The van der Waals surface area contributed by atoms with Gasteiger partial charge in [0.15, 0.2) is 0 Å². The summed E-state index contributed by atoms with van der Waals surface area (Å²) in [6, 6.07) is 1.02. The largest absolute Gasteiger partial charge is 0.338 e. The topological polar surface area (TPSA) is 35.6 Å². The molecule has 3 atom stereocenters. The molecule has 2 heterocycles. The number of amides is 1. The lowest BCUT2D eigenvalue weighted by atomic mass is 10.1. The Labute approximate surface area is 98.0 Å². The Morgan fingerprint density at radius 3 is 2.38 bits per heavy atom. The molecule has 0 radical (unpaired) electrons. The molecule has 2 rings (SSSR count). The molecule has 0 saturated carbocycles. The molecule has 2 aliphatic rings. The highest BCUT2D eigenvalue weighted by atomic mass is 16.2. The van der Waals surface area contributed by atoms with E-state index in [0.29, 0.717) is 18.0 Å². The maximum absolute atomic E-state index is 12.2. The number of rotatable bonds is 1. The summed E-state index contributed by atoms with van der Waals surface area (Å²) in [5, 5.41) is 3.29. The highest BCUT2D eigenvalue weighted by Gasteiger charge is 2.33. The predicted octanol–water partition coefficient (Wildman–Crippen LogP) is 0.289. The molecule has 0 aliphatic carbocycles. The third kappa shape index (κ3) is 2.23. The van der Waals surface area contributed by atoms with E-state index in [4.69, 9.17) is 0 Å². The third-order valence-electron chi connectivity index (χ3n) is 4.03. The van der Waals surface area contributed by atoms with E-state index >= 15 is 0 Å². The molecular weight excluding hydrogens is 202 g/mol. The molecule has 1 N–H and O–H groups in total. The molecule has 2 fully saturated rings. The second-order valence-electron chi connectivity index (χ2n) is 5.26. The fraction of sp³-hybridized carbons (Fsp3) is 0.917. The fourth-order valence-electron chi connectivity index (χ4n) is 2.70. The first-order valence-corrected chi connectivity index (χ1v) is 6.33. The molecule has 2 aliphatic heterocycles. The van der Waals surface area contributed by atoms with Crippen LogP contribution < -0.4 is 5.32 Å². The van der Waals surface area contributed by atoms with Gasteiger partial charge in [0.05, 0.1) is 6.04 Å². The van der Waals surface area contributed by atoms with E-state index in [1.807, 2.05) is 4.90 Å². The molecule has 4 nitrogen and oxygen atoms in total. The Bertz CT molecular complexity index is 251. The van der Waals surface area contributed by atoms with Gasteiger partial charge in [-0.25, -0.2) is 0 Å². The van der Waals surface area contributed by atoms with E-state index in [9.17, 15) is 4.79 Å². The van der Waals surface area contributed by atoms with Crippen molar-refractivity contribution >= 4 is 5.91 Å². The molecule has 0 aromatic carbocycles. The van der Waals surface area contributed by atoms with Crippen LogP contribution in [0.5, 0.6) is 0 Å². The zero-order valence-corrected chi connectivity index (χ0v) is 10.6. The van der Waals surface area contributed by atoms with E-state index < -0.39 is 0 Å². The van der Waals surface area contributed by atoms with Crippen molar-refractivity contribution in [3.8, 4) is 0 Å². The van der Waals surface area contributed by atoms with E-state index in [1.54, 1.807) is 0 Å². The first-order valence-electron chi connectivity index (χ1n) is 6.33. The Kier molecular flexibility index (Phi) is 3.50. The van der Waals surface area contributed by atoms with Gasteiger partial charge in [-0.15, -0.1) is 0 Å². The van der Waals surface area contributed by atoms with Crippen LogP contribution in [0.1, 0.15) is 26.7 Å². The number of nitrogens with one attached hydrogen (secondary N) is 1. The molecule has 1 amide bonds. The second kappa shape index (κ2) is 4.72. The summed E-state index contributed by atoms with van der Waals surface area (Å²) < 4.78 is 0. The van der Waals surface area contributed by atoms with Gasteiger partial charge in [0.25, 0.3) is 0 Å². The van der Waals surface area contributed by atoms with Crippen molar-refractivity contribution in [2.45, 2.75) is 44.8 Å². The zero-order chi connectivity index (χ0) is 11.7. The minimum absolute atomic E-state index is 0.0859. The van der Waals surface area contributed by atoms with E-state index in [-0.39, 0.29) is 6.04 Å².